The van der Waals surface area contributed by atoms with Gasteiger partial charge in [-0.15, -0.1) is 17.9 Å². The fourth-order valence-electron chi connectivity index (χ4n) is 2.23. The van der Waals surface area contributed by atoms with Crippen molar-refractivity contribution in [1.29, 1.82) is 0 Å². The third-order valence-electron chi connectivity index (χ3n) is 3.21. The largest absolute Gasteiger partial charge is 0.494 e. The van der Waals surface area contributed by atoms with Crippen molar-refractivity contribution in [3.05, 3.63) is 57.7 Å². The summed E-state index contributed by atoms with van der Waals surface area (Å²) in [5, 5.41) is 2.91. The van der Waals surface area contributed by atoms with Gasteiger partial charge in [-0.25, -0.2) is 0 Å². The quantitative estimate of drug-likeness (QED) is 0.619. The Hall–Kier alpha value is -1.63. The first kappa shape index (κ1) is 18.7. The highest BCUT2D eigenvalue weighted by Crippen LogP contribution is 2.23. The molecule has 1 amide bonds. The van der Waals surface area contributed by atoms with E-state index in [1.165, 1.54) is 4.88 Å². The summed E-state index contributed by atoms with van der Waals surface area (Å²) < 4.78 is 6.49. The summed E-state index contributed by atoms with van der Waals surface area (Å²) in [6.45, 7) is 8.03. The Balaban J connectivity index is 1.90. The Labute approximate surface area is 155 Å². The highest BCUT2D eigenvalue weighted by molar-refractivity contribution is 9.11. The lowest BCUT2D eigenvalue weighted by molar-refractivity contribution is -0.117. The number of hydrogen-bond acceptors (Lipinski definition) is 4. The molecule has 1 aromatic carbocycles. The van der Waals surface area contributed by atoms with Gasteiger partial charge in [-0.1, -0.05) is 6.08 Å². The molecular weight excluding hydrogens is 388 g/mol. The summed E-state index contributed by atoms with van der Waals surface area (Å²) in [6, 6.07) is 11.5. The normalized spacial score (nSPS) is 10.6. The average Bonchev–Trinajstić information content (AvgIpc) is 2.95. The summed E-state index contributed by atoms with van der Waals surface area (Å²) in [5.41, 5.74) is 0.765. The number of benzene rings is 1. The first-order chi connectivity index (χ1) is 11.6. The molecule has 0 saturated carbocycles. The minimum Gasteiger partial charge on any atom is -0.494 e. The zero-order valence-electron chi connectivity index (χ0n) is 13.6. The molecule has 0 unspecified atom stereocenters. The molecule has 0 bridgehead atoms. The molecule has 1 N–H and O–H groups in total. The van der Waals surface area contributed by atoms with E-state index in [0.29, 0.717) is 19.7 Å². The van der Waals surface area contributed by atoms with Crippen molar-refractivity contribution < 1.29 is 9.53 Å². The Morgan fingerprint density at radius 1 is 1.33 bits per heavy atom. The SMILES string of the molecule is C=CCN(CC(=O)Nc1ccc(OCC)cc1)Cc1ccc(Br)s1. The van der Waals surface area contributed by atoms with Crippen LogP contribution in [0.4, 0.5) is 5.69 Å². The van der Waals surface area contributed by atoms with Crippen LogP contribution in [-0.4, -0.2) is 30.5 Å². The van der Waals surface area contributed by atoms with E-state index in [1.807, 2.05) is 43.3 Å². The molecule has 0 radical (unpaired) electrons. The molecule has 24 heavy (non-hydrogen) atoms. The van der Waals surface area contributed by atoms with E-state index in [1.54, 1.807) is 11.3 Å². The second kappa shape index (κ2) is 9.61. The van der Waals surface area contributed by atoms with Crippen LogP contribution in [0.2, 0.25) is 0 Å². The molecule has 2 aromatic rings. The van der Waals surface area contributed by atoms with Crippen molar-refractivity contribution >= 4 is 38.9 Å². The number of thiophene rings is 1. The van der Waals surface area contributed by atoms with Gasteiger partial charge >= 0.3 is 0 Å². The van der Waals surface area contributed by atoms with Crippen molar-refractivity contribution in [2.45, 2.75) is 13.5 Å². The lowest BCUT2D eigenvalue weighted by atomic mass is 10.3. The van der Waals surface area contributed by atoms with Gasteiger partial charge in [-0.3, -0.25) is 9.69 Å². The maximum absolute atomic E-state index is 12.3. The van der Waals surface area contributed by atoms with Crippen molar-refractivity contribution in [2.75, 3.05) is 25.0 Å². The third-order valence-corrected chi connectivity index (χ3v) is 4.82. The van der Waals surface area contributed by atoms with Gasteiger partial charge in [0.15, 0.2) is 0 Å². The van der Waals surface area contributed by atoms with Gasteiger partial charge in [-0.05, 0) is 59.3 Å². The van der Waals surface area contributed by atoms with Crippen LogP contribution in [-0.2, 0) is 11.3 Å². The minimum absolute atomic E-state index is 0.0448. The zero-order chi connectivity index (χ0) is 17.4. The van der Waals surface area contributed by atoms with Crippen LogP contribution in [0.3, 0.4) is 0 Å². The van der Waals surface area contributed by atoms with Crippen LogP contribution in [0, 0.1) is 0 Å². The average molecular weight is 409 g/mol. The van der Waals surface area contributed by atoms with Crippen LogP contribution < -0.4 is 10.1 Å². The van der Waals surface area contributed by atoms with Gasteiger partial charge in [0.05, 0.1) is 16.9 Å². The second-order valence-corrected chi connectivity index (χ2v) is 7.72. The summed E-state index contributed by atoms with van der Waals surface area (Å²) in [7, 11) is 0. The van der Waals surface area contributed by atoms with E-state index in [2.05, 4.69) is 38.8 Å². The lowest BCUT2D eigenvalue weighted by Gasteiger charge is -2.19. The van der Waals surface area contributed by atoms with Crippen molar-refractivity contribution in [3.63, 3.8) is 0 Å². The van der Waals surface area contributed by atoms with Crippen molar-refractivity contribution in [3.8, 4) is 5.75 Å². The summed E-state index contributed by atoms with van der Waals surface area (Å²) >= 11 is 5.14. The molecule has 0 saturated heterocycles. The molecule has 0 spiro atoms. The number of nitrogens with one attached hydrogen (secondary N) is 1. The van der Waals surface area contributed by atoms with E-state index in [0.717, 1.165) is 21.8 Å². The standard InChI is InChI=1S/C18H21BrN2O2S/c1-3-11-21(12-16-9-10-17(19)24-16)13-18(22)20-14-5-7-15(8-6-14)23-4-2/h3,5-10H,1,4,11-13H2,2H3,(H,20,22). The second-order valence-electron chi connectivity index (χ2n) is 5.17. The first-order valence-electron chi connectivity index (χ1n) is 7.71. The molecule has 6 heteroatoms. The van der Waals surface area contributed by atoms with Crippen LogP contribution in [0.1, 0.15) is 11.8 Å². The van der Waals surface area contributed by atoms with E-state index in [4.69, 9.17) is 4.74 Å². The predicted octanol–water partition coefficient (Wildman–Crippen LogP) is 4.54. The molecule has 0 fully saturated rings. The highest BCUT2D eigenvalue weighted by atomic mass is 79.9. The lowest BCUT2D eigenvalue weighted by Crippen LogP contribution is -2.32. The fourth-order valence-corrected chi connectivity index (χ4v) is 3.76. The van der Waals surface area contributed by atoms with E-state index in [9.17, 15) is 4.79 Å². The number of amides is 1. The molecule has 0 aliphatic carbocycles. The van der Waals surface area contributed by atoms with E-state index >= 15 is 0 Å². The number of hydrogen-bond donors (Lipinski definition) is 1. The molecule has 0 aliphatic heterocycles. The molecule has 0 atom stereocenters. The maximum Gasteiger partial charge on any atom is 0.238 e. The molecule has 1 heterocycles. The third kappa shape index (κ3) is 6.11. The number of anilines is 1. The molecule has 0 aliphatic rings. The number of rotatable bonds is 9. The van der Waals surface area contributed by atoms with Gasteiger partial charge < -0.3 is 10.1 Å². The van der Waals surface area contributed by atoms with Gasteiger partial charge in [-0.2, -0.15) is 0 Å². The monoisotopic (exact) mass is 408 g/mol. The van der Waals surface area contributed by atoms with Crippen LogP contribution in [0.25, 0.3) is 0 Å². The van der Waals surface area contributed by atoms with Gasteiger partial charge in [0.2, 0.25) is 5.91 Å². The molecule has 1 aromatic heterocycles. The van der Waals surface area contributed by atoms with Crippen molar-refractivity contribution in [1.82, 2.24) is 4.90 Å². The van der Waals surface area contributed by atoms with Gasteiger partial charge in [0.25, 0.3) is 0 Å². The summed E-state index contributed by atoms with van der Waals surface area (Å²) in [6.07, 6.45) is 1.81. The van der Waals surface area contributed by atoms with Crippen LogP contribution >= 0.6 is 27.3 Å². The Morgan fingerprint density at radius 2 is 2.08 bits per heavy atom. The number of nitrogens with zero attached hydrogens (tertiary/aromatic N) is 1. The Bertz CT molecular complexity index is 670. The molecule has 4 nitrogen and oxygen atoms in total. The van der Waals surface area contributed by atoms with Gasteiger partial charge in [0, 0.05) is 23.7 Å². The minimum atomic E-state index is -0.0448. The molecular formula is C18H21BrN2O2S. The zero-order valence-corrected chi connectivity index (χ0v) is 16.0. The topological polar surface area (TPSA) is 41.6 Å². The van der Waals surface area contributed by atoms with Gasteiger partial charge in [0.1, 0.15) is 5.75 Å². The first-order valence-corrected chi connectivity index (χ1v) is 9.32. The smallest absolute Gasteiger partial charge is 0.238 e. The number of halogens is 1. The van der Waals surface area contributed by atoms with Crippen LogP contribution in [0.15, 0.2) is 52.8 Å². The number of carbonyl (C=O) groups is 1. The Kier molecular flexibility index (Phi) is 7.49. The van der Waals surface area contributed by atoms with Crippen molar-refractivity contribution in [2.24, 2.45) is 0 Å². The Morgan fingerprint density at radius 3 is 2.67 bits per heavy atom. The molecule has 128 valence electrons. The highest BCUT2D eigenvalue weighted by Gasteiger charge is 2.11. The summed E-state index contributed by atoms with van der Waals surface area (Å²) in [4.78, 5) is 15.5. The van der Waals surface area contributed by atoms with E-state index < -0.39 is 0 Å². The fraction of sp³-hybridized carbons (Fsp3) is 0.278. The number of carbonyl (C=O) groups excluding carboxylic acids is 1. The summed E-state index contributed by atoms with van der Waals surface area (Å²) in [5.74, 6) is 0.753. The molecule has 2 rings (SSSR count). The maximum atomic E-state index is 12.3. The number of ether oxygens (including phenoxy) is 1. The van der Waals surface area contributed by atoms with E-state index in [-0.39, 0.29) is 5.91 Å². The van der Waals surface area contributed by atoms with Crippen LogP contribution in [0.5, 0.6) is 5.75 Å². The predicted molar refractivity (Wildman–Crippen MR) is 104 cm³/mol.